The van der Waals surface area contributed by atoms with Gasteiger partial charge in [-0.1, -0.05) is 24.3 Å². The Labute approximate surface area is 130 Å². The number of aryl methyl sites for hydroxylation is 1. The summed E-state index contributed by atoms with van der Waals surface area (Å²) in [5.74, 6) is -0.297. The average Bonchev–Trinajstić information content (AvgIpc) is 2.79. The zero-order chi connectivity index (χ0) is 15.0. The Morgan fingerprint density at radius 1 is 1.29 bits per heavy atom. The van der Waals surface area contributed by atoms with Crippen LogP contribution in [0.5, 0.6) is 0 Å². The molecular weight excluding hydrogens is 333 g/mol. The van der Waals surface area contributed by atoms with Crippen molar-refractivity contribution in [1.29, 1.82) is 0 Å². The van der Waals surface area contributed by atoms with Crippen LogP contribution in [-0.4, -0.2) is 9.78 Å². The van der Waals surface area contributed by atoms with Gasteiger partial charge in [-0.3, -0.25) is 4.68 Å². The number of benzene rings is 2. The molecule has 0 saturated carbocycles. The van der Waals surface area contributed by atoms with Crippen molar-refractivity contribution in [3.8, 4) is 0 Å². The summed E-state index contributed by atoms with van der Waals surface area (Å²) in [4.78, 5) is 0. The minimum atomic E-state index is -0.297. The maximum atomic E-state index is 13.6. The van der Waals surface area contributed by atoms with Crippen LogP contribution in [0.3, 0.4) is 0 Å². The van der Waals surface area contributed by atoms with Gasteiger partial charge in [-0.25, -0.2) is 4.39 Å². The smallest absolute Gasteiger partial charge is 0.137 e. The Morgan fingerprint density at radius 3 is 2.81 bits per heavy atom. The average molecular weight is 348 g/mol. The van der Waals surface area contributed by atoms with Crippen molar-refractivity contribution in [2.75, 3.05) is 0 Å². The lowest BCUT2D eigenvalue weighted by Gasteiger charge is -2.11. The fourth-order valence-electron chi connectivity index (χ4n) is 2.51. The van der Waals surface area contributed by atoms with Crippen LogP contribution in [0.4, 0.5) is 4.39 Å². The minimum absolute atomic E-state index is 0.286. The zero-order valence-corrected chi connectivity index (χ0v) is 13.1. The van der Waals surface area contributed by atoms with Crippen molar-refractivity contribution < 1.29 is 4.39 Å². The zero-order valence-electron chi connectivity index (χ0n) is 11.6. The lowest BCUT2D eigenvalue weighted by Crippen LogP contribution is -2.14. The van der Waals surface area contributed by atoms with E-state index >= 15 is 0 Å². The maximum absolute atomic E-state index is 13.6. The first-order chi connectivity index (χ1) is 10.1. The highest BCUT2D eigenvalue weighted by Crippen LogP contribution is 2.24. The van der Waals surface area contributed by atoms with Gasteiger partial charge >= 0.3 is 0 Å². The van der Waals surface area contributed by atoms with Crippen LogP contribution < -0.4 is 5.73 Å². The van der Waals surface area contributed by atoms with Crippen LogP contribution in [0, 0.1) is 5.82 Å². The third kappa shape index (κ3) is 2.71. The van der Waals surface area contributed by atoms with Gasteiger partial charge in [0.05, 0.1) is 15.7 Å². The Kier molecular flexibility index (Phi) is 3.78. The van der Waals surface area contributed by atoms with E-state index in [9.17, 15) is 4.39 Å². The van der Waals surface area contributed by atoms with E-state index in [0.717, 1.165) is 22.2 Å². The molecule has 1 atom stereocenters. The summed E-state index contributed by atoms with van der Waals surface area (Å²) in [6.45, 7) is 0. The van der Waals surface area contributed by atoms with Gasteiger partial charge in [-0.05, 0) is 39.7 Å². The van der Waals surface area contributed by atoms with Crippen LogP contribution in [0.2, 0.25) is 0 Å². The van der Waals surface area contributed by atoms with Gasteiger partial charge in [-0.2, -0.15) is 5.10 Å². The molecule has 1 aromatic heterocycles. The molecular formula is C16H15BrFN3. The molecule has 0 spiro atoms. The van der Waals surface area contributed by atoms with Crippen molar-refractivity contribution >= 4 is 26.8 Å². The molecule has 0 amide bonds. The van der Waals surface area contributed by atoms with Crippen LogP contribution in [0.1, 0.15) is 17.3 Å². The fraction of sp³-hybridized carbons (Fsp3) is 0.188. The highest BCUT2D eigenvalue weighted by molar-refractivity contribution is 9.10. The van der Waals surface area contributed by atoms with Gasteiger partial charge in [0.1, 0.15) is 5.82 Å². The molecule has 0 aliphatic heterocycles. The predicted octanol–water partition coefficient (Wildman–Crippen LogP) is 3.72. The lowest BCUT2D eigenvalue weighted by molar-refractivity contribution is 0.610. The van der Waals surface area contributed by atoms with Crippen molar-refractivity contribution in [1.82, 2.24) is 9.78 Å². The molecule has 3 rings (SSSR count). The van der Waals surface area contributed by atoms with Gasteiger partial charge in [0, 0.05) is 24.9 Å². The molecule has 0 saturated heterocycles. The number of nitrogens with two attached hydrogens (primary N) is 1. The fourth-order valence-corrected chi connectivity index (χ4v) is 2.76. The van der Waals surface area contributed by atoms with E-state index in [1.165, 1.54) is 6.07 Å². The summed E-state index contributed by atoms with van der Waals surface area (Å²) in [7, 11) is 1.91. The van der Waals surface area contributed by atoms with E-state index in [4.69, 9.17) is 5.73 Å². The molecule has 2 aromatic carbocycles. The Balaban J connectivity index is 1.92. The Morgan fingerprint density at radius 2 is 2.05 bits per heavy atom. The van der Waals surface area contributed by atoms with Crippen LogP contribution in [0.15, 0.2) is 46.9 Å². The Bertz CT molecular complexity index is 797. The molecule has 0 aliphatic carbocycles. The molecule has 3 nitrogen and oxygen atoms in total. The van der Waals surface area contributed by atoms with Crippen LogP contribution in [-0.2, 0) is 13.5 Å². The SMILES string of the molecule is Cn1nc(CC(N)c2ccc(Br)c(F)c2)c2ccccc21. The summed E-state index contributed by atoms with van der Waals surface area (Å²) >= 11 is 3.15. The van der Waals surface area contributed by atoms with Gasteiger partial charge < -0.3 is 5.73 Å². The molecule has 5 heteroatoms. The molecule has 2 N–H and O–H groups in total. The quantitative estimate of drug-likeness (QED) is 0.784. The summed E-state index contributed by atoms with van der Waals surface area (Å²) in [6.07, 6.45) is 0.572. The highest BCUT2D eigenvalue weighted by Gasteiger charge is 2.14. The number of aromatic nitrogens is 2. The van der Waals surface area contributed by atoms with Crippen molar-refractivity contribution in [2.24, 2.45) is 12.8 Å². The van der Waals surface area contributed by atoms with Crippen molar-refractivity contribution in [2.45, 2.75) is 12.5 Å². The second kappa shape index (κ2) is 5.58. The number of rotatable bonds is 3. The lowest BCUT2D eigenvalue weighted by atomic mass is 10.0. The monoisotopic (exact) mass is 347 g/mol. The van der Waals surface area contributed by atoms with Crippen LogP contribution >= 0.6 is 15.9 Å². The highest BCUT2D eigenvalue weighted by atomic mass is 79.9. The molecule has 3 aromatic rings. The molecule has 0 fully saturated rings. The maximum Gasteiger partial charge on any atom is 0.137 e. The third-order valence-electron chi connectivity index (χ3n) is 3.62. The van der Waals surface area contributed by atoms with E-state index in [2.05, 4.69) is 21.0 Å². The molecule has 1 unspecified atom stereocenters. The van der Waals surface area contributed by atoms with Crippen LogP contribution in [0.25, 0.3) is 10.9 Å². The summed E-state index contributed by atoms with van der Waals surface area (Å²) in [5, 5.41) is 5.62. The van der Waals surface area contributed by atoms with E-state index in [0.29, 0.717) is 10.9 Å². The number of fused-ring (bicyclic) bond motifs is 1. The standard InChI is InChI=1S/C16H15BrFN3/c1-21-16-5-3-2-4-11(16)15(20-21)9-14(19)10-6-7-12(17)13(18)8-10/h2-8,14H,9,19H2,1H3. The topological polar surface area (TPSA) is 43.8 Å². The Hall–Kier alpha value is -1.72. The van der Waals surface area contributed by atoms with Gasteiger partial charge in [0.15, 0.2) is 0 Å². The largest absolute Gasteiger partial charge is 0.324 e. The summed E-state index contributed by atoms with van der Waals surface area (Å²) in [6, 6.07) is 12.7. The third-order valence-corrected chi connectivity index (χ3v) is 4.26. The number of hydrogen-bond donors (Lipinski definition) is 1. The van der Waals surface area contributed by atoms with E-state index in [1.807, 2.05) is 42.1 Å². The van der Waals surface area contributed by atoms with Crippen molar-refractivity contribution in [3.63, 3.8) is 0 Å². The molecule has 0 aliphatic rings. The van der Waals surface area contributed by atoms with Crippen molar-refractivity contribution in [3.05, 3.63) is 64.0 Å². The molecule has 0 radical (unpaired) electrons. The van der Waals surface area contributed by atoms with E-state index < -0.39 is 0 Å². The summed E-state index contributed by atoms with van der Waals surface area (Å²) < 4.78 is 15.9. The second-order valence-electron chi connectivity index (χ2n) is 5.07. The van der Waals surface area contributed by atoms with Gasteiger partial charge in [-0.15, -0.1) is 0 Å². The second-order valence-corrected chi connectivity index (χ2v) is 5.93. The van der Waals surface area contributed by atoms with E-state index in [-0.39, 0.29) is 11.9 Å². The first kappa shape index (κ1) is 14.2. The number of hydrogen-bond acceptors (Lipinski definition) is 2. The molecule has 1 heterocycles. The summed E-state index contributed by atoms with van der Waals surface area (Å²) in [5.41, 5.74) is 8.99. The first-order valence-corrected chi connectivity index (χ1v) is 7.46. The molecule has 0 bridgehead atoms. The normalized spacial score (nSPS) is 12.8. The molecule has 21 heavy (non-hydrogen) atoms. The first-order valence-electron chi connectivity index (χ1n) is 6.67. The predicted molar refractivity (Wildman–Crippen MR) is 85.4 cm³/mol. The minimum Gasteiger partial charge on any atom is -0.324 e. The van der Waals surface area contributed by atoms with Gasteiger partial charge in [0.25, 0.3) is 0 Å². The van der Waals surface area contributed by atoms with E-state index in [1.54, 1.807) is 6.07 Å². The number of nitrogens with zero attached hydrogens (tertiary/aromatic N) is 2. The number of para-hydroxylation sites is 1. The number of halogens is 2. The van der Waals surface area contributed by atoms with Gasteiger partial charge in [0.2, 0.25) is 0 Å². The molecule has 108 valence electrons.